The van der Waals surface area contributed by atoms with Gasteiger partial charge in [0.25, 0.3) is 0 Å². The van der Waals surface area contributed by atoms with Gasteiger partial charge in [-0.3, -0.25) is 0 Å². The van der Waals surface area contributed by atoms with Crippen molar-refractivity contribution in [2.45, 2.75) is 72.1 Å². The Balaban J connectivity index is 1.74. The summed E-state index contributed by atoms with van der Waals surface area (Å²) in [6.45, 7) is 7.82. The Bertz CT molecular complexity index is 482. The fourth-order valence-corrected chi connectivity index (χ4v) is 7.46. The molecule has 4 aliphatic rings. The molecule has 1 spiro atoms. The molecule has 0 aromatic rings. The lowest BCUT2D eigenvalue weighted by molar-refractivity contribution is -0.154. The second-order valence-corrected chi connectivity index (χ2v) is 9.75. The van der Waals surface area contributed by atoms with E-state index in [1.165, 1.54) is 51.4 Å². The van der Waals surface area contributed by atoms with E-state index in [9.17, 15) is 5.11 Å². The van der Waals surface area contributed by atoms with Crippen LogP contribution < -0.4 is 0 Å². The second-order valence-electron chi connectivity index (χ2n) is 9.75. The zero-order chi connectivity index (χ0) is 14.9. The molecule has 0 heterocycles. The fraction of sp³-hybridized carbons (Fsp3) is 0.900. The third-order valence-corrected chi connectivity index (χ3v) is 8.41. The molecule has 1 N–H and O–H groups in total. The summed E-state index contributed by atoms with van der Waals surface area (Å²) in [5.74, 6) is 1.60. The van der Waals surface area contributed by atoms with E-state index in [0.717, 1.165) is 11.8 Å². The Morgan fingerprint density at radius 2 is 1.71 bits per heavy atom. The van der Waals surface area contributed by atoms with E-state index < -0.39 is 0 Å². The van der Waals surface area contributed by atoms with E-state index in [2.05, 4.69) is 32.9 Å². The predicted molar refractivity (Wildman–Crippen MR) is 86.9 cm³/mol. The van der Waals surface area contributed by atoms with Crippen LogP contribution in [0.4, 0.5) is 0 Å². The lowest BCUT2D eigenvalue weighted by atomic mass is 9.40. The zero-order valence-corrected chi connectivity index (χ0v) is 14.1. The van der Waals surface area contributed by atoms with Gasteiger partial charge >= 0.3 is 0 Å². The lowest BCUT2D eigenvalue weighted by Crippen LogP contribution is -2.57. The number of fused-ring (bicyclic) bond motifs is 3. The topological polar surface area (TPSA) is 20.2 Å². The van der Waals surface area contributed by atoms with Gasteiger partial charge in [0.15, 0.2) is 0 Å². The number of hydrogen-bond acceptors (Lipinski definition) is 1. The largest absolute Gasteiger partial charge is 0.396 e. The molecule has 1 heteroatoms. The smallest absolute Gasteiger partial charge is 0.0487 e. The van der Waals surface area contributed by atoms with Crippen LogP contribution in [-0.4, -0.2) is 11.7 Å². The Kier molecular flexibility index (Phi) is 2.83. The minimum absolute atomic E-state index is 0.178. The van der Waals surface area contributed by atoms with Crippen molar-refractivity contribution in [3.05, 3.63) is 12.2 Å². The van der Waals surface area contributed by atoms with Crippen LogP contribution in [0.5, 0.6) is 0 Å². The SMILES string of the molecule is CC12CCC[C@](C)(CO)[C@H]1CCC13C=C[C@@](C)(CCC12)C3. The average Bonchev–Trinajstić information content (AvgIpc) is 2.69. The monoisotopic (exact) mass is 288 g/mol. The van der Waals surface area contributed by atoms with Crippen molar-refractivity contribution in [2.75, 3.05) is 6.61 Å². The van der Waals surface area contributed by atoms with E-state index in [1.54, 1.807) is 0 Å². The first kappa shape index (κ1) is 14.3. The highest BCUT2D eigenvalue weighted by atomic mass is 16.3. The lowest BCUT2D eigenvalue weighted by Gasteiger charge is -2.64. The molecule has 2 bridgehead atoms. The van der Waals surface area contributed by atoms with Crippen molar-refractivity contribution in [2.24, 2.45) is 33.5 Å². The number of allylic oxidation sites excluding steroid dienone is 2. The number of rotatable bonds is 1. The first-order valence-electron chi connectivity index (χ1n) is 9.17. The summed E-state index contributed by atoms with van der Waals surface area (Å²) < 4.78 is 0. The minimum Gasteiger partial charge on any atom is -0.396 e. The Morgan fingerprint density at radius 3 is 2.48 bits per heavy atom. The molecule has 0 aromatic heterocycles. The van der Waals surface area contributed by atoms with Crippen molar-refractivity contribution >= 4 is 0 Å². The third kappa shape index (κ3) is 1.73. The maximum atomic E-state index is 10.1. The van der Waals surface area contributed by atoms with Crippen molar-refractivity contribution in [1.29, 1.82) is 0 Å². The zero-order valence-electron chi connectivity index (χ0n) is 14.1. The van der Waals surface area contributed by atoms with Gasteiger partial charge in [0, 0.05) is 6.61 Å². The summed E-state index contributed by atoms with van der Waals surface area (Å²) in [4.78, 5) is 0. The quantitative estimate of drug-likeness (QED) is 0.677. The normalized spacial score (nSPS) is 58.7. The van der Waals surface area contributed by atoms with Gasteiger partial charge < -0.3 is 5.11 Å². The molecule has 6 atom stereocenters. The van der Waals surface area contributed by atoms with Crippen LogP contribution >= 0.6 is 0 Å². The minimum atomic E-state index is 0.178. The Labute approximate surface area is 130 Å². The highest BCUT2D eigenvalue weighted by Crippen LogP contribution is 2.71. The van der Waals surface area contributed by atoms with Gasteiger partial charge in [-0.15, -0.1) is 0 Å². The second kappa shape index (κ2) is 4.16. The number of aliphatic hydroxyl groups excluding tert-OH is 1. The summed E-state index contributed by atoms with van der Waals surface area (Å²) in [6.07, 6.45) is 16.1. The van der Waals surface area contributed by atoms with Crippen LogP contribution in [-0.2, 0) is 0 Å². The molecule has 0 radical (unpaired) electrons. The maximum absolute atomic E-state index is 10.1. The number of hydrogen-bond donors (Lipinski definition) is 1. The molecule has 118 valence electrons. The van der Waals surface area contributed by atoms with Crippen LogP contribution in [0.1, 0.15) is 72.1 Å². The highest BCUT2D eigenvalue weighted by Gasteiger charge is 2.63. The Morgan fingerprint density at radius 1 is 0.952 bits per heavy atom. The van der Waals surface area contributed by atoms with E-state index >= 15 is 0 Å². The van der Waals surface area contributed by atoms with Crippen LogP contribution in [0.2, 0.25) is 0 Å². The molecule has 3 fully saturated rings. The first-order chi connectivity index (χ1) is 9.86. The average molecular weight is 288 g/mol. The molecule has 21 heavy (non-hydrogen) atoms. The first-order valence-corrected chi connectivity index (χ1v) is 9.17. The molecule has 1 nitrogen and oxygen atoms in total. The van der Waals surface area contributed by atoms with E-state index in [1.807, 2.05) is 0 Å². The van der Waals surface area contributed by atoms with Crippen LogP contribution in [0, 0.1) is 33.5 Å². The van der Waals surface area contributed by atoms with Gasteiger partial charge in [-0.25, -0.2) is 0 Å². The summed E-state index contributed by atoms with van der Waals surface area (Å²) in [5.41, 5.74) is 1.64. The van der Waals surface area contributed by atoms with E-state index in [-0.39, 0.29) is 5.41 Å². The van der Waals surface area contributed by atoms with E-state index in [4.69, 9.17) is 0 Å². The van der Waals surface area contributed by atoms with Crippen molar-refractivity contribution in [3.63, 3.8) is 0 Å². The number of aliphatic hydroxyl groups is 1. The molecule has 0 amide bonds. The van der Waals surface area contributed by atoms with Crippen LogP contribution in [0.15, 0.2) is 12.2 Å². The van der Waals surface area contributed by atoms with Gasteiger partial charge in [0.1, 0.15) is 0 Å². The van der Waals surface area contributed by atoms with Gasteiger partial charge in [0.2, 0.25) is 0 Å². The van der Waals surface area contributed by atoms with Gasteiger partial charge in [0.05, 0.1) is 0 Å². The molecular formula is C20H32O. The maximum Gasteiger partial charge on any atom is 0.0487 e. The highest BCUT2D eigenvalue weighted by molar-refractivity contribution is 5.25. The predicted octanol–water partition coefficient (Wildman–Crippen LogP) is 4.95. The molecule has 0 aromatic carbocycles. The molecule has 4 rings (SSSR count). The molecule has 3 saturated carbocycles. The summed E-state index contributed by atoms with van der Waals surface area (Å²) in [7, 11) is 0. The summed E-state index contributed by atoms with van der Waals surface area (Å²) >= 11 is 0. The van der Waals surface area contributed by atoms with Crippen LogP contribution in [0.3, 0.4) is 0 Å². The summed E-state index contributed by atoms with van der Waals surface area (Å²) in [5, 5.41) is 10.1. The summed E-state index contributed by atoms with van der Waals surface area (Å²) in [6, 6.07) is 0. The fourth-order valence-electron chi connectivity index (χ4n) is 7.46. The van der Waals surface area contributed by atoms with Gasteiger partial charge in [-0.05, 0) is 78.4 Å². The van der Waals surface area contributed by atoms with Gasteiger partial charge in [-0.2, -0.15) is 0 Å². The molecular weight excluding hydrogens is 256 g/mol. The molecule has 0 aliphatic heterocycles. The molecule has 4 aliphatic carbocycles. The van der Waals surface area contributed by atoms with Gasteiger partial charge in [-0.1, -0.05) is 39.3 Å². The molecule has 0 saturated heterocycles. The third-order valence-electron chi connectivity index (χ3n) is 8.41. The Hall–Kier alpha value is -0.300. The standard InChI is InChI=1S/C20H32O/c1-17-9-5-16-19(3)8-4-7-18(2,14-21)15(19)6-10-20(16,13-17)12-11-17/h11-12,15-16,21H,4-10,13-14H2,1-3H3/t15-,16?,17-,18-,19?,20?/m1/s1. The van der Waals surface area contributed by atoms with Crippen molar-refractivity contribution < 1.29 is 5.11 Å². The van der Waals surface area contributed by atoms with E-state index in [0.29, 0.717) is 22.9 Å². The van der Waals surface area contributed by atoms with Crippen molar-refractivity contribution in [3.8, 4) is 0 Å². The molecule has 3 unspecified atom stereocenters. The van der Waals surface area contributed by atoms with Crippen LogP contribution in [0.25, 0.3) is 0 Å². The van der Waals surface area contributed by atoms with Crippen molar-refractivity contribution in [1.82, 2.24) is 0 Å².